The maximum Gasteiger partial charge on any atom is 0.213 e. The number of carbonyl (C=O) groups is 1. The first-order chi connectivity index (χ1) is 4.86. The van der Waals surface area contributed by atoms with E-state index in [9.17, 15) is 4.79 Å². The van der Waals surface area contributed by atoms with Crippen LogP contribution in [0.1, 0.15) is 5.76 Å². The molecular weight excluding hydrogens is 132 g/mol. The van der Waals surface area contributed by atoms with Crippen LogP contribution in [-0.2, 0) is 4.79 Å². The number of anilines is 1. The number of amides is 1. The molecule has 0 spiro atoms. The fourth-order valence-corrected chi connectivity index (χ4v) is 0.566. The first-order valence-electron chi connectivity index (χ1n) is 2.67. The third-order valence-corrected chi connectivity index (χ3v) is 0.970. The molecule has 4 heteroatoms. The minimum atomic E-state index is 0.355. The van der Waals surface area contributed by atoms with Crippen molar-refractivity contribution in [2.75, 3.05) is 5.32 Å². The molecule has 4 nitrogen and oxygen atoms in total. The van der Waals surface area contributed by atoms with Crippen molar-refractivity contribution in [3.8, 4) is 0 Å². The second kappa shape index (κ2) is 2.82. The van der Waals surface area contributed by atoms with Gasteiger partial charge in [-0.25, -0.2) is 0 Å². The van der Waals surface area contributed by atoms with Crippen LogP contribution in [0.4, 0.5) is 5.88 Å². The smallest absolute Gasteiger partial charge is 0.213 e. The molecule has 0 atom stereocenters. The zero-order chi connectivity index (χ0) is 7.40. The average molecular weight is 138 g/mol. The molecule has 52 valence electrons. The predicted molar refractivity (Wildman–Crippen MR) is 36.3 cm³/mol. The van der Waals surface area contributed by atoms with E-state index in [1.807, 2.05) is 0 Å². The maximum atomic E-state index is 9.84. The summed E-state index contributed by atoms with van der Waals surface area (Å²) in [6.07, 6.45) is 1.59. The lowest BCUT2D eigenvalue weighted by molar-refractivity contribution is -0.105. The van der Waals surface area contributed by atoms with Gasteiger partial charge in [0, 0.05) is 6.07 Å². The van der Waals surface area contributed by atoms with E-state index in [0.29, 0.717) is 18.1 Å². The summed E-state index contributed by atoms with van der Waals surface area (Å²) in [7, 11) is 0. The first kappa shape index (κ1) is 6.54. The summed E-state index contributed by atoms with van der Waals surface area (Å²) in [4.78, 5) is 9.84. The highest BCUT2D eigenvalue weighted by Crippen LogP contribution is 2.09. The molecule has 0 bridgehead atoms. The molecule has 2 N–H and O–H groups in total. The molecule has 0 saturated heterocycles. The number of hydrogen-bond acceptors (Lipinski definition) is 3. The van der Waals surface area contributed by atoms with Crippen LogP contribution in [0.5, 0.6) is 0 Å². The van der Waals surface area contributed by atoms with E-state index in [0.717, 1.165) is 6.21 Å². The predicted octanol–water partition coefficient (Wildman–Crippen LogP) is 0.846. The van der Waals surface area contributed by atoms with Gasteiger partial charge in [-0.1, -0.05) is 0 Å². The zero-order valence-corrected chi connectivity index (χ0v) is 5.13. The van der Waals surface area contributed by atoms with Gasteiger partial charge in [-0.2, -0.15) is 0 Å². The minimum absolute atomic E-state index is 0.355. The van der Waals surface area contributed by atoms with Crippen molar-refractivity contribution in [3.63, 3.8) is 0 Å². The zero-order valence-electron chi connectivity index (χ0n) is 5.13. The second-order valence-electron chi connectivity index (χ2n) is 1.61. The van der Waals surface area contributed by atoms with Gasteiger partial charge in [0.1, 0.15) is 5.76 Å². The number of carbonyl (C=O) groups excluding carboxylic acids is 1. The molecule has 10 heavy (non-hydrogen) atoms. The van der Waals surface area contributed by atoms with Gasteiger partial charge in [0.25, 0.3) is 0 Å². The molecule has 0 radical (unpaired) electrons. The van der Waals surface area contributed by atoms with E-state index in [1.54, 1.807) is 12.1 Å². The molecule has 0 aliphatic carbocycles. The highest BCUT2D eigenvalue weighted by molar-refractivity contribution is 5.75. The van der Waals surface area contributed by atoms with Gasteiger partial charge in [-0.15, -0.1) is 0 Å². The summed E-state index contributed by atoms with van der Waals surface area (Å²) in [6.45, 7) is 0. The van der Waals surface area contributed by atoms with E-state index < -0.39 is 0 Å². The first-order valence-corrected chi connectivity index (χ1v) is 2.67. The summed E-state index contributed by atoms with van der Waals surface area (Å²) in [5, 5.41) is 9.07. The quantitative estimate of drug-likeness (QED) is 0.480. The van der Waals surface area contributed by atoms with E-state index in [-0.39, 0.29) is 0 Å². The SMILES string of the molecule is N=Cc1ccc(NC=O)o1. The van der Waals surface area contributed by atoms with Crippen molar-refractivity contribution < 1.29 is 9.21 Å². The molecule has 1 amide bonds. The van der Waals surface area contributed by atoms with Crippen molar-refractivity contribution in [1.29, 1.82) is 5.41 Å². The Balaban J connectivity index is 2.77. The largest absolute Gasteiger partial charge is 0.439 e. The Labute approximate surface area is 57.4 Å². The maximum absolute atomic E-state index is 9.84. The molecule has 1 aromatic rings. The lowest BCUT2D eigenvalue weighted by Crippen LogP contribution is -1.90. The number of hydrogen-bond donors (Lipinski definition) is 2. The average Bonchev–Trinajstić information content (AvgIpc) is 2.37. The van der Waals surface area contributed by atoms with Gasteiger partial charge in [0.05, 0.1) is 6.21 Å². The fraction of sp³-hybridized carbons (Fsp3) is 0. The van der Waals surface area contributed by atoms with Crippen LogP contribution < -0.4 is 5.32 Å². The number of nitrogens with one attached hydrogen (secondary N) is 2. The standard InChI is InChI=1S/C6H6N2O2/c7-3-5-1-2-6(10-5)8-4-9/h1-4,7H,(H,8,9). The van der Waals surface area contributed by atoms with Crippen LogP contribution in [0.25, 0.3) is 0 Å². The highest BCUT2D eigenvalue weighted by atomic mass is 16.4. The summed E-state index contributed by atoms with van der Waals surface area (Å²) in [6, 6.07) is 3.17. The topological polar surface area (TPSA) is 66.1 Å². The van der Waals surface area contributed by atoms with E-state index in [2.05, 4.69) is 5.32 Å². The van der Waals surface area contributed by atoms with Crippen LogP contribution in [-0.4, -0.2) is 12.6 Å². The number of rotatable bonds is 3. The molecule has 1 rings (SSSR count). The van der Waals surface area contributed by atoms with Gasteiger partial charge in [0.15, 0.2) is 5.88 Å². The van der Waals surface area contributed by atoms with Crippen molar-refractivity contribution in [2.45, 2.75) is 0 Å². The molecule has 0 aromatic carbocycles. The molecule has 0 saturated carbocycles. The summed E-state index contributed by atoms with van der Waals surface area (Å²) < 4.78 is 4.89. The molecular formula is C6H6N2O2. The highest BCUT2D eigenvalue weighted by Gasteiger charge is 1.95. The van der Waals surface area contributed by atoms with Crippen LogP contribution in [0.2, 0.25) is 0 Å². The Morgan fingerprint density at radius 3 is 2.90 bits per heavy atom. The molecule has 0 fully saturated rings. The van der Waals surface area contributed by atoms with Crippen molar-refractivity contribution >= 4 is 18.5 Å². The Bertz CT molecular complexity index is 242. The van der Waals surface area contributed by atoms with Gasteiger partial charge >= 0.3 is 0 Å². The van der Waals surface area contributed by atoms with E-state index >= 15 is 0 Å². The van der Waals surface area contributed by atoms with Gasteiger partial charge in [0.2, 0.25) is 6.41 Å². The van der Waals surface area contributed by atoms with Gasteiger partial charge in [-0.3, -0.25) is 10.1 Å². The normalized spacial score (nSPS) is 8.80. The Hall–Kier alpha value is -1.58. The summed E-state index contributed by atoms with van der Waals surface area (Å²) in [5.41, 5.74) is 0. The summed E-state index contributed by atoms with van der Waals surface area (Å²) in [5.74, 6) is 0.776. The summed E-state index contributed by atoms with van der Waals surface area (Å²) >= 11 is 0. The number of furan rings is 1. The minimum Gasteiger partial charge on any atom is -0.439 e. The van der Waals surface area contributed by atoms with E-state index in [1.165, 1.54) is 0 Å². The molecule has 1 aromatic heterocycles. The molecule has 0 aliphatic rings. The van der Waals surface area contributed by atoms with E-state index in [4.69, 9.17) is 9.83 Å². The molecule has 0 unspecified atom stereocenters. The molecule has 0 aliphatic heterocycles. The third kappa shape index (κ3) is 1.22. The van der Waals surface area contributed by atoms with Crippen molar-refractivity contribution in [3.05, 3.63) is 17.9 Å². The lowest BCUT2D eigenvalue weighted by Gasteiger charge is -1.86. The fourth-order valence-electron chi connectivity index (χ4n) is 0.566. The van der Waals surface area contributed by atoms with Crippen molar-refractivity contribution in [1.82, 2.24) is 0 Å². The van der Waals surface area contributed by atoms with Gasteiger partial charge < -0.3 is 9.83 Å². The van der Waals surface area contributed by atoms with Crippen molar-refractivity contribution in [2.24, 2.45) is 0 Å². The van der Waals surface area contributed by atoms with Gasteiger partial charge in [-0.05, 0) is 6.07 Å². The van der Waals surface area contributed by atoms with Crippen LogP contribution >= 0.6 is 0 Å². The Morgan fingerprint density at radius 2 is 2.40 bits per heavy atom. The van der Waals surface area contributed by atoms with Crippen LogP contribution in [0.3, 0.4) is 0 Å². The third-order valence-electron chi connectivity index (χ3n) is 0.970. The Morgan fingerprint density at radius 1 is 1.60 bits per heavy atom. The van der Waals surface area contributed by atoms with Crippen LogP contribution in [0, 0.1) is 5.41 Å². The monoisotopic (exact) mass is 138 g/mol. The second-order valence-corrected chi connectivity index (χ2v) is 1.61. The van der Waals surface area contributed by atoms with Crippen LogP contribution in [0.15, 0.2) is 16.5 Å². The lowest BCUT2D eigenvalue weighted by atomic mass is 10.5. The Kier molecular flexibility index (Phi) is 1.84. The molecule has 1 heterocycles.